The molecule has 1 aromatic carbocycles. The first kappa shape index (κ1) is 18.3. The summed E-state index contributed by atoms with van der Waals surface area (Å²) in [5.41, 5.74) is 2.09. The van der Waals surface area contributed by atoms with Crippen molar-refractivity contribution >= 4 is 45.6 Å². The van der Waals surface area contributed by atoms with E-state index in [0.29, 0.717) is 27.6 Å². The number of benzene rings is 1. The summed E-state index contributed by atoms with van der Waals surface area (Å²) < 4.78 is 6.79. The highest BCUT2D eigenvalue weighted by atomic mass is 35.5. The molecule has 4 aromatic rings. The number of carbonyl (C=O) groups excluding carboxylic acids is 1. The summed E-state index contributed by atoms with van der Waals surface area (Å²) in [6.07, 6.45) is 1.43. The van der Waals surface area contributed by atoms with E-state index >= 15 is 0 Å². The van der Waals surface area contributed by atoms with Gasteiger partial charge in [-0.15, -0.1) is 16.4 Å². The van der Waals surface area contributed by atoms with Gasteiger partial charge < -0.3 is 10.1 Å². The van der Waals surface area contributed by atoms with Gasteiger partial charge in [0, 0.05) is 22.2 Å². The van der Waals surface area contributed by atoms with E-state index in [1.807, 2.05) is 29.6 Å². The van der Waals surface area contributed by atoms with Crippen molar-refractivity contribution in [3.8, 4) is 11.3 Å². The molecule has 0 unspecified atom stereocenters. The van der Waals surface area contributed by atoms with Gasteiger partial charge in [0.05, 0.1) is 12.3 Å². The summed E-state index contributed by atoms with van der Waals surface area (Å²) in [4.78, 5) is 25.7. The zero-order valence-corrected chi connectivity index (χ0v) is 16.6. The molecule has 0 bridgehead atoms. The highest BCUT2D eigenvalue weighted by Crippen LogP contribution is 2.27. The van der Waals surface area contributed by atoms with E-state index < -0.39 is 5.97 Å². The predicted octanol–water partition coefficient (Wildman–Crippen LogP) is 4.13. The molecule has 3 heterocycles. The third kappa shape index (κ3) is 3.54. The Morgan fingerprint density at radius 3 is 2.82 bits per heavy atom. The SMILES string of the molecule is CCOC(=O)c1cnc(C)nc1Nc1nc2scc(-c3ccc(Cl)cc3)n2n1. The Hall–Kier alpha value is -3.04. The van der Waals surface area contributed by atoms with Crippen LogP contribution in [0.15, 0.2) is 35.8 Å². The van der Waals surface area contributed by atoms with Crippen LogP contribution in [0.5, 0.6) is 0 Å². The monoisotopic (exact) mass is 414 g/mol. The number of nitrogens with zero attached hydrogens (tertiary/aromatic N) is 5. The molecule has 0 fully saturated rings. The Labute approximate surface area is 169 Å². The van der Waals surface area contributed by atoms with Crippen molar-refractivity contribution in [1.29, 1.82) is 0 Å². The first-order valence-corrected chi connectivity index (χ1v) is 9.69. The van der Waals surface area contributed by atoms with Gasteiger partial charge in [0.15, 0.2) is 5.82 Å². The molecule has 0 aliphatic heterocycles. The van der Waals surface area contributed by atoms with Gasteiger partial charge in [-0.2, -0.15) is 4.98 Å². The number of aryl methyl sites for hydroxylation is 1. The second kappa shape index (κ2) is 7.53. The molecule has 0 radical (unpaired) electrons. The molecule has 0 aliphatic carbocycles. The number of carbonyl (C=O) groups is 1. The Balaban J connectivity index is 1.69. The Bertz CT molecular complexity index is 1150. The topological polar surface area (TPSA) is 94.3 Å². The number of ether oxygens (including phenoxy) is 1. The van der Waals surface area contributed by atoms with Gasteiger partial charge in [0.2, 0.25) is 10.9 Å². The summed E-state index contributed by atoms with van der Waals surface area (Å²) >= 11 is 7.43. The van der Waals surface area contributed by atoms with E-state index in [0.717, 1.165) is 11.3 Å². The summed E-state index contributed by atoms with van der Waals surface area (Å²) in [5, 5.41) is 10.2. The number of esters is 1. The first-order chi connectivity index (χ1) is 13.5. The van der Waals surface area contributed by atoms with Crippen molar-refractivity contribution in [2.45, 2.75) is 13.8 Å². The van der Waals surface area contributed by atoms with E-state index in [9.17, 15) is 4.79 Å². The molecule has 0 saturated heterocycles. The van der Waals surface area contributed by atoms with E-state index in [1.165, 1.54) is 17.5 Å². The number of thiazole rings is 1. The number of fused-ring (bicyclic) bond motifs is 1. The molecular weight excluding hydrogens is 400 g/mol. The third-order valence-electron chi connectivity index (χ3n) is 3.86. The minimum Gasteiger partial charge on any atom is -0.462 e. The molecule has 10 heteroatoms. The lowest BCUT2D eigenvalue weighted by Crippen LogP contribution is -2.11. The number of aromatic nitrogens is 5. The fourth-order valence-corrected chi connectivity index (χ4v) is 3.54. The maximum absolute atomic E-state index is 12.2. The summed E-state index contributed by atoms with van der Waals surface area (Å²) in [7, 11) is 0. The Morgan fingerprint density at radius 2 is 2.07 bits per heavy atom. The fourth-order valence-electron chi connectivity index (χ4n) is 2.58. The average molecular weight is 415 g/mol. The molecule has 28 heavy (non-hydrogen) atoms. The number of halogens is 1. The standard InChI is InChI=1S/C18H15ClN6O2S/c1-3-27-16(26)13-8-20-10(2)21-15(13)22-17-23-18-25(24-17)14(9-28-18)11-4-6-12(19)7-5-11/h4-9H,3H2,1-2H3,(H,20,21,22,24). The number of rotatable bonds is 5. The smallest absolute Gasteiger partial charge is 0.343 e. The van der Waals surface area contributed by atoms with Crippen LogP contribution in [0.1, 0.15) is 23.1 Å². The maximum atomic E-state index is 12.2. The van der Waals surface area contributed by atoms with Gasteiger partial charge in [-0.1, -0.05) is 23.7 Å². The van der Waals surface area contributed by atoms with Crippen LogP contribution in [0.25, 0.3) is 16.2 Å². The van der Waals surface area contributed by atoms with Crippen LogP contribution < -0.4 is 5.32 Å². The fraction of sp³-hybridized carbons (Fsp3) is 0.167. The van der Waals surface area contributed by atoms with Crippen LogP contribution >= 0.6 is 22.9 Å². The van der Waals surface area contributed by atoms with Crippen LogP contribution in [-0.4, -0.2) is 37.1 Å². The van der Waals surface area contributed by atoms with Crippen molar-refractivity contribution in [3.05, 3.63) is 52.3 Å². The van der Waals surface area contributed by atoms with Gasteiger partial charge in [0.1, 0.15) is 11.4 Å². The van der Waals surface area contributed by atoms with Gasteiger partial charge in [-0.25, -0.2) is 19.3 Å². The minimum absolute atomic E-state index is 0.225. The first-order valence-electron chi connectivity index (χ1n) is 8.43. The van der Waals surface area contributed by atoms with Gasteiger partial charge >= 0.3 is 5.97 Å². The summed E-state index contributed by atoms with van der Waals surface area (Å²) in [6.45, 7) is 3.73. The van der Waals surface area contributed by atoms with E-state index in [4.69, 9.17) is 16.3 Å². The molecule has 1 N–H and O–H groups in total. The second-order valence-electron chi connectivity index (χ2n) is 5.78. The largest absolute Gasteiger partial charge is 0.462 e. The zero-order chi connectivity index (χ0) is 19.7. The lowest BCUT2D eigenvalue weighted by molar-refractivity contribution is 0.0526. The molecule has 0 aliphatic rings. The molecular formula is C18H15ClN6O2S. The van der Waals surface area contributed by atoms with Gasteiger partial charge in [-0.3, -0.25) is 0 Å². The van der Waals surface area contributed by atoms with Crippen molar-refractivity contribution in [2.75, 3.05) is 11.9 Å². The van der Waals surface area contributed by atoms with Gasteiger partial charge in [-0.05, 0) is 26.0 Å². The van der Waals surface area contributed by atoms with Crippen molar-refractivity contribution in [2.24, 2.45) is 0 Å². The van der Waals surface area contributed by atoms with Crippen molar-refractivity contribution in [1.82, 2.24) is 24.6 Å². The van der Waals surface area contributed by atoms with E-state index in [2.05, 4.69) is 25.4 Å². The summed E-state index contributed by atoms with van der Waals surface area (Å²) in [6, 6.07) is 7.49. The number of anilines is 2. The average Bonchev–Trinajstić information content (AvgIpc) is 3.23. The quantitative estimate of drug-likeness (QED) is 0.490. The second-order valence-corrected chi connectivity index (χ2v) is 7.06. The lowest BCUT2D eigenvalue weighted by Gasteiger charge is -2.08. The highest BCUT2D eigenvalue weighted by molar-refractivity contribution is 7.15. The third-order valence-corrected chi connectivity index (χ3v) is 4.92. The highest BCUT2D eigenvalue weighted by Gasteiger charge is 2.18. The number of hydrogen-bond acceptors (Lipinski definition) is 8. The Kier molecular flexibility index (Phi) is 4.93. The summed E-state index contributed by atoms with van der Waals surface area (Å²) in [5.74, 6) is 0.634. The number of hydrogen-bond donors (Lipinski definition) is 1. The van der Waals surface area contributed by atoms with Crippen LogP contribution in [0.3, 0.4) is 0 Å². The van der Waals surface area contributed by atoms with Crippen LogP contribution in [-0.2, 0) is 4.74 Å². The number of nitrogens with one attached hydrogen (secondary N) is 1. The molecule has 0 amide bonds. The predicted molar refractivity (Wildman–Crippen MR) is 107 cm³/mol. The molecule has 8 nitrogen and oxygen atoms in total. The van der Waals surface area contributed by atoms with Crippen LogP contribution in [0.4, 0.5) is 11.8 Å². The zero-order valence-electron chi connectivity index (χ0n) is 15.0. The van der Waals surface area contributed by atoms with Crippen molar-refractivity contribution < 1.29 is 9.53 Å². The molecule has 0 spiro atoms. The van der Waals surface area contributed by atoms with Crippen LogP contribution in [0.2, 0.25) is 5.02 Å². The lowest BCUT2D eigenvalue weighted by atomic mass is 10.2. The Morgan fingerprint density at radius 1 is 1.29 bits per heavy atom. The normalized spacial score (nSPS) is 11.0. The molecule has 0 saturated carbocycles. The van der Waals surface area contributed by atoms with E-state index in [-0.39, 0.29) is 12.2 Å². The maximum Gasteiger partial charge on any atom is 0.343 e. The molecule has 142 valence electrons. The van der Waals surface area contributed by atoms with E-state index in [1.54, 1.807) is 18.4 Å². The minimum atomic E-state index is -0.507. The van der Waals surface area contributed by atoms with Crippen molar-refractivity contribution in [3.63, 3.8) is 0 Å². The molecule has 4 rings (SSSR count). The van der Waals surface area contributed by atoms with Gasteiger partial charge in [0.25, 0.3) is 0 Å². The molecule has 3 aromatic heterocycles. The molecule has 0 atom stereocenters. The van der Waals surface area contributed by atoms with Crippen LogP contribution in [0, 0.1) is 6.92 Å².